The van der Waals surface area contributed by atoms with E-state index in [0.29, 0.717) is 29.8 Å². The minimum Gasteiger partial charge on any atom is -0.383 e. The summed E-state index contributed by atoms with van der Waals surface area (Å²) in [5, 5.41) is 8.07. The Bertz CT molecular complexity index is 1490. The number of carbonyl (C=O) groups excluding carboxylic acids is 3. The fourth-order valence-electron chi connectivity index (χ4n) is 5.20. The van der Waals surface area contributed by atoms with Crippen LogP contribution < -0.4 is 11.1 Å². The predicted octanol–water partition coefficient (Wildman–Crippen LogP) is 3.28. The fraction of sp³-hybridized carbons (Fsp3) is 0.448. The van der Waals surface area contributed by atoms with Crippen LogP contribution in [0.15, 0.2) is 31.1 Å². The van der Waals surface area contributed by atoms with E-state index in [-0.39, 0.29) is 41.2 Å². The predicted molar refractivity (Wildman–Crippen MR) is 155 cm³/mol. The second kappa shape index (κ2) is 11.1. The highest BCUT2D eigenvalue weighted by molar-refractivity contribution is 6.13. The van der Waals surface area contributed by atoms with Gasteiger partial charge in [-0.3, -0.25) is 14.4 Å². The number of fused-ring (bicyclic) bond motifs is 1. The molecule has 0 aliphatic carbocycles. The number of hydrogen-bond acceptors (Lipinski definition) is 7. The molecule has 11 nitrogen and oxygen atoms in total. The van der Waals surface area contributed by atoms with E-state index in [2.05, 4.69) is 35.7 Å². The van der Waals surface area contributed by atoms with Gasteiger partial charge < -0.3 is 20.9 Å². The summed E-state index contributed by atoms with van der Waals surface area (Å²) < 4.78 is 1.72. The van der Waals surface area contributed by atoms with E-state index in [4.69, 9.17) is 10.8 Å². The summed E-state index contributed by atoms with van der Waals surface area (Å²) in [7, 11) is 3.45. The van der Waals surface area contributed by atoms with E-state index in [9.17, 15) is 14.4 Å². The number of nitrogens with one attached hydrogen (secondary N) is 1. The molecule has 0 saturated carbocycles. The Morgan fingerprint density at radius 1 is 1.20 bits per heavy atom. The number of nitrogen functional groups attached to an aromatic ring is 1. The number of carbonyl (C=O) groups is 3. The highest BCUT2D eigenvalue weighted by Gasteiger charge is 2.34. The van der Waals surface area contributed by atoms with E-state index in [1.807, 2.05) is 19.9 Å². The number of likely N-dealkylation sites (tertiary alicyclic amines) is 1. The molecule has 3 heterocycles. The molecule has 1 saturated heterocycles. The molecule has 3 aromatic rings. The second-order valence-electron chi connectivity index (χ2n) is 11.5. The minimum absolute atomic E-state index is 0.00168. The summed E-state index contributed by atoms with van der Waals surface area (Å²) in [4.78, 5) is 50.4. The maximum absolute atomic E-state index is 13.7. The van der Waals surface area contributed by atoms with Crippen molar-refractivity contribution < 1.29 is 14.4 Å². The van der Waals surface area contributed by atoms with Gasteiger partial charge >= 0.3 is 0 Å². The SMILES string of the molecule is C=CC(=O)N1CCC(C)(C)CC(n2nc(C(=O)Nc3ccc(CC(=O)N(C)C)c(C)c3C)c3c(N)ncnc32)C1. The Hall–Kier alpha value is -4.28. The van der Waals surface area contributed by atoms with Crippen molar-refractivity contribution in [2.75, 3.05) is 38.2 Å². The van der Waals surface area contributed by atoms with Crippen LogP contribution in [0.4, 0.5) is 11.5 Å². The molecule has 40 heavy (non-hydrogen) atoms. The third kappa shape index (κ3) is 5.68. The van der Waals surface area contributed by atoms with Gasteiger partial charge in [-0.05, 0) is 60.9 Å². The molecule has 1 fully saturated rings. The van der Waals surface area contributed by atoms with E-state index in [1.165, 1.54) is 12.4 Å². The van der Waals surface area contributed by atoms with Crippen molar-refractivity contribution in [3.8, 4) is 0 Å². The molecule has 3 N–H and O–H groups in total. The van der Waals surface area contributed by atoms with Crippen LogP contribution in [0.3, 0.4) is 0 Å². The van der Waals surface area contributed by atoms with Gasteiger partial charge in [0.1, 0.15) is 12.1 Å². The van der Waals surface area contributed by atoms with Crippen molar-refractivity contribution in [3.63, 3.8) is 0 Å². The van der Waals surface area contributed by atoms with E-state index in [1.54, 1.807) is 34.6 Å². The first-order valence-corrected chi connectivity index (χ1v) is 13.3. The Kier molecular flexibility index (Phi) is 7.95. The van der Waals surface area contributed by atoms with Gasteiger partial charge in [0.25, 0.3) is 5.91 Å². The minimum atomic E-state index is -0.447. The molecule has 3 amide bonds. The maximum atomic E-state index is 13.7. The van der Waals surface area contributed by atoms with Crippen molar-refractivity contribution in [3.05, 3.63) is 53.5 Å². The Morgan fingerprint density at radius 3 is 2.60 bits per heavy atom. The molecule has 0 radical (unpaired) electrons. The molecule has 1 unspecified atom stereocenters. The molecule has 1 aliphatic heterocycles. The average molecular weight is 547 g/mol. The largest absolute Gasteiger partial charge is 0.383 e. The number of rotatable bonds is 6. The van der Waals surface area contributed by atoms with Crippen molar-refractivity contribution in [1.82, 2.24) is 29.5 Å². The molecule has 0 bridgehead atoms. The Balaban J connectivity index is 1.72. The zero-order valence-electron chi connectivity index (χ0n) is 24.1. The van der Waals surface area contributed by atoms with E-state index in [0.717, 1.165) is 29.5 Å². The smallest absolute Gasteiger partial charge is 0.277 e. The quantitative estimate of drug-likeness (QED) is 0.452. The molecule has 1 aromatic carbocycles. The molecule has 0 spiro atoms. The maximum Gasteiger partial charge on any atom is 0.277 e. The number of amides is 3. The highest BCUT2D eigenvalue weighted by atomic mass is 16.2. The van der Waals surface area contributed by atoms with Gasteiger partial charge in [0.15, 0.2) is 11.3 Å². The molecule has 1 aliphatic rings. The molecule has 11 heteroatoms. The zero-order chi connectivity index (χ0) is 29.4. The number of nitrogens with two attached hydrogens (primary N) is 1. The third-order valence-corrected chi connectivity index (χ3v) is 7.83. The van der Waals surface area contributed by atoms with Crippen molar-refractivity contribution in [1.29, 1.82) is 0 Å². The number of nitrogens with zero attached hydrogens (tertiary/aromatic N) is 6. The van der Waals surface area contributed by atoms with Gasteiger partial charge in [-0.1, -0.05) is 26.5 Å². The first-order chi connectivity index (χ1) is 18.8. The summed E-state index contributed by atoms with van der Waals surface area (Å²) in [6, 6.07) is 3.41. The lowest BCUT2D eigenvalue weighted by molar-refractivity contribution is -0.128. The summed E-state index contributed by atoms with van der Waals surface area (Å²) in [6.45, 7) is 12.8. The van der Waals surface area contributed by atoms with Gasteiger partial charge in [0.05, 0.1) is 17.8 Å². The monoisotopic (exact) mass is 546 g/mol. The summed E-state index contributed by atoms with van der Waals surface area (Å²) in [5.41, 5.74) is 10.0. The van der Waals surface area contributed by atoms with Crippen molar-refractivity contribution in [2.45, 2.75) is 53.0 Å². The lowest BCUT2D eigenvalue weighted by atomic mass is 9.84. The second-order valence-corrected chi connectivity index (χ2v) is 11.5. The van der Waals surface area contributed by atoms with Crippen LogP contribution >= 0.6 is 0 Å². The number of anilines is 2. The fourth-order valence-corrected chi connectivity index (χ4v) is 5.20. The Labute approximate surface area is 234 Å². The van der Waals surface area contributed by atoms with Crippen molar-refractivity contribution >= 4 is 40.3 Å². The lowest BCUT2D eigenvalue weighted by Gasteiger charge is -2.26. The van der Waals surface area contributed by atoms with Gasteiger partial charge in [-0.15, -0.1) is 0 Å². The number of benzene rings is 1. The van der Waals surface area contributed by atoms with Crippen LogP contribution in [-0.4, -0.2) is 74.5 Å². The number of aromatic nitrogens is 4. The van der Waals surface area contributed by atoms with Gasteiger partial charge in [-0.2, -0.15) is 5.10 Å². The first-order valence-electron chi connectivity index (χ1n) is 13.3. The van der Waals surface area contributed by atoms with E-state index >= 15 is 0 Å². The molecule has 212 valence electrons. The Morgan fingerprint density at radius 2 is 1.93 bits per heavy atom. The number of hydrogen-bond donors (Lipinski definition) is 2. The topological polar surface area (TPSA) is 139 Å². The van der Waals surface area contributed by atoms with E-state index < -0.39 is 5.91 Å². The number of likely N-dealkylation sites (N-methyl/N-ethyl adjacent to an activating group) is 1. The normalized spacial score (nSPS) is 16.9. The molecular weight excluding hydrogens is 508 g/mol. The average Bonchev–Trinajstić information content (AvgIpc) is 3.22. The summed E-state index contributed by atoms with van der Waals surface area (Å²) >= 11 is 0. The van der Waals surface area contributed by atoms with Gasteiger partial charge in [0, 0.05) is 32.9 Å². The molecule has 1 atom stereocenters. The van der Waals surface area contributed by atoms with Crippen LogP contribution in [0.5, 0.6) is 0 Å². The van der Waals surface area contributed by atoms with Crippen LogP contribution in [0.2, 0.25) is 0 Å². The highest BCUT2D eigenvalue weighted by Crippen LogP contribution is 2.37. The molecular formula is C29H38N8O3. The molecule has 2 aromatic heterocycles. The van der Waals surface area contributed by atoms with Gasteiger partial charge in [0.2, 0.25) is 11.8 Å². The van der Waals surface area contributed by atoms with Gasteiger partial charge in [-0.25, -0.2) is 14.6 Å². The zero-order valence-corrected chi connectivity index (χ0v) is 24.1. The first kappa shape index (κ1) is 28.7. The third-order valence-electron chi connectivity index (χ3n) is 7.83. The van der Waals surface area contributed by atoms with Crippen LogP contribution in [0.1, 0.15) is 59.9 Å². The molecule has 4 rings (SSSR count). The van der Waals surface area contributed by atoms with Crippen LogP contribution in [0.25, 0.3) is 11.0 Å². The summed E-state index contributed by atoms with van der Waals surface area (Å²) in [5.74, 6) is -0.440. The van der Waals surface area contributed by atoms with Crippen LogP contribution in [0, 0.1) is 19.3 Å². The summed E-state index contributed by atoms with van der Waals surface area (Å²) in [6.07, 6.45) is 4.50. The van der Waals surface area contributed by atoms with Crippen molar-refractivity contribution in [2.24, 2.45) is 5.41 Å². The van der Waals surface area contributed by atoms with Crippen LogP contribution in [-0.2, 0) is 16.0 Å². The lowest BCUT2D eigenvalue weighted by Crippen LogP contribution is -2.34. The standard InChI is InChI=1S/C29H38N8O3/c1-8-22(38)36-12-11-29(4,5)14-20(15-36)37-27-24(26(30)31-16-32-27)25(34-37)28(40)33-21-10-9-19(17(2)18(21)3)13-23(39)35(6)7/h8-10,16,20H,1,11-15H2,2-7H3,(H,33,40)(H2,30,31,32).